The first-order chi connectivity index (χ1) is 6.09. The van der Waals surface area contributed by atoms with Gasteiger partial charge in [0.05, 0.1) is 0 Å². The van der Waals surface area contributed by atoms with Crippen LogP contribution >= 0.6 is 0 Å². The topological polar surface area (TPSA) is 46.5 Å². The molecule has 0 aliphatic carbocycles. The predicted molar refractivity (Wildman–Crippen MR) is 51.7 cm³/mol. The van der Waals surface area contributed by atoms with Crippen LogP contribution in [0.4, 0.5) is 0 Å². The van der Waals surface area contributed by atoms with Crippen molar-refractivity contribution in [3.8, 4) is 0 Å². The molecule has 1 aliphatic heterocycles. The lowest BCUT2D eigenvalue weighted by atomic mass is 10.1. The highest BCUT2D eigenvalue weighted by Gasteiger charge is 2.01. The van der Waals surface area contributed by atoms with Crippen LogP contribution in [0, 0.1) is 0 Å². The quantitative estimate of drug-likeness (QED) is 0.672. The maximum absolute atomic E-state index is 10.2. The van der Waals surface area contributed by atoms with Gasteiger partial charge in [-0.05, 0) is 26.7 Å². The Labute approximate surface area is 79.4 Å². The van der Waals surface area contributed by atoms with E-state index in [2.05, 4.69) is 0 Å². The third kappa shape index (κ3) is 5.42. The van der Waals surface area contributed by atoms with Gasteiger partial charge in [0.2, 0.25) is 0 Å². The Morgan fingerprint density at radius 1 is 1.38 bits per heavy atom. The molecule has 1 N–H and O–H groups in total. The van der Waals surface area contributed by atoms with Gasteiger partial charge in [0.1, 0.15) is 0 Å². The SMILES string of the molecule is C1COC1.CC/C(C)=C(\C)C(=O)O. The summed E-state index contributed by atoms with van der Waals surface area (Å²) < 4.78 is 4.72. The van der Waals surface area contributed by atoms with Crippen LogP contribution in [0.25, 0.3) is 0 Å². The highest BCUT2D eigenvalue weighted by Crippen LogP contribution is 2.05. The van der Waals surface area contributed by atoms with Gasteiger partial charge in [0.15, 0.2) is 0 Å². The molecule has 0 spiro atoms. The molecule has 3 heteroatoms. The number of ether oxygens (including phenoxy) is 1. The largest absolute Gasteiger partial charge is 0.478 e. The molecule has 1 heterocycles. The van der Waals surface area contributed by atoms with Crippen molar-refractivity contribution in [2.45, 2.75) is 33.6 Å². The Morgan fingerprint density at radius 2 is 1.77 bits per heavy atom. The molecule has 0 unspecified atom stereocenters. The van der Waals surface area contributed by atoms with Gasteiger partial charge < -0.3 is 9.84 Å². The molecule has 0 radical (unpaired) electrons. The van der Waals surface area contributed by atoms with Gasteiger partial charge in [-0.1, -0.05) is 12.5 Å². The molecule has 1 saturated heterocycles. The van der Waals surface area contributed by atoms with E-state index >= 15 is 0 Å². The molecule has 0 aromatic heterocycles. The third-order valence-electron chi connectivity index (χ3n) is 2.07. The van der Waals surface area contributed by atoms with Crippen molar-refractivity contribution in [2.75, 3.05) is 13.2 Å². The molecule has 0 aromatic rings. The van der Waals surface area contributed by atoms with Crippen molar-refractivity contribution < 1.29 is 14.6 Å². The molecule has 1 rings (SSSR count). The highest BCUT2D eigenvalue weighted by molar-refractivity contribution is 5.86. The molecule has 76 valence electrons. The molecule has 0 amide bonds. The molecule has 0 saturated carbocycles. The Bertz CT molecular complexity index is 186. The van der Waals surface area contributed by atoms with Crippen molar-refractivity contribution in [1.29, 1.82) is 0 Å². The number of aliphatic carboxylic acids is 1. The summed E-state index contributed by atoms with van der Waals surface area (Å²) in [6.45, 7) is 7.41. The van der Waals surface area contributed by atoms with E-state index < -0.39 is 5.97 Å². The zero-order valence-corrected chi connectivity index (χ0v) is 8.59. The lowest BCUT2D eigenvalue weighted by molar-refractivity contribution is -0.132. The number of hydrogen-bond donors (Lipinski definition) is 1. The number of allylic oxidation sites excluding steroid dienone is 1. The molecule has 0 atom stereocenters. The number of carbonyl (C=O) groups is 1. The summed E-state index contributed by atoms with van der Waals surface area (Å²) in [7, 11) is 0. The monoisotopic (exact) mass is 186 g/mol. The van der Waals surface area contributed by atoms with Gasteiger partial charge >= 0.3 is 5.97 Å². The maximum atomic E-state index is 10.2. The van der Waals surface area contributed by atoms with Crippen LogP contribution < -0.4 is 0 Å². The van der Waals surface area contributed by atoms with E-state index in [9.17, 15) is 4.79 Å². The fourth-order valence-corrected chi connectivity index (χ4v) is 0.592. The summed E-state index contributed by atoms with van der Waals surface area (Å²) in [6.07, 6.45) is 2.10. The van der Waals surface area contributed by atoms with Crippen LogP contribution in [0.2, 0.25) is 0 Å². The van der Waals surface area contributed by atoms with Crippen molar-refractivity contribution in [2.24, 2.45) is 0 Å². The standard InChI is InChI=1S/C7H12O2.C3H6O/c1-4-5(2)6(3)7(8)9;1-2-4-3-1/h4H2,1-3H3,(H,8,9);1-3H2/b6-5+;. The first kappa shape index (κ1) is 12.2. The Kier molecular flexibility index (Phi) is 6.24. The minimum absolute atomic E-state index is 0.470. The summed E-state index contributed by atoms with van der Waals surface area (Å²) in [4.78, 5) is 10.2. The first-order valence-corrected chi connectivity index (χ1v) is 4.57. The van der Waals surface area contributed by atoms with Crippen molar-refractivity contribution in [1.82, 2.24) is 0 Å². The smallest absolute Gasteiger partial charge is 0.331 e. The number of carboxylic acids is 1. The fraction of sp³-hybridized carbons (Fsp3) is 0.700. The summed E-state index contributed by atoms with van der Waals surface area (Å²) in [6, 6.07) is 0. The molecule has 13 heavy (non-hydrogen) atoms. The van der Waals surface area contributed by atoms with E-state index in [4.69, 9.17) is 9.84 Å². The van der Waals surface area contributed by atoms with Crippen LogP contribution in [0.5, 0.6) is 0 Å². The second kappa shape index (κ2) is 6.66. The number of rotatable bonds is 2. The van der Waals surface area contributed by atoms with E-state index in [0.29, 0.717) is 5.57 Å². The van der Waals surface area contributed by atoms with Crippen LogP contribution in [0.15, 0.2) is 11.1 Å². The normalized spacial score (nSPS) is 16.2. The zero-order valence-electron chi connectivity index (χ0n) is 8.59. The van der Waals surface area contributed by atoms with E-state index in [0.717, 1.165) is 25.2 Å². The number of hydrogen-bond acceptors (Lipinski definition) is 2. The van der Waals surface area contributed by atoms with Crippen LogP contribution in [0.1, 0.15) is 33.6 Å². The van der Waals surface area contributed by atoms with Crippen LogP contribution in [0.3, 0.4) is 0 Å². The Morgan fingerprint density at radius 3 is 1.85 bits per heavy atom. The van der Waals surface area contributed by atoms with E-state index in [1.165, 1.54) is 6.42 Å². The lowest BCUT2D eigenvalue weighted by Gasteiger charge is -2.09. The van der Waals surface area contributed by atoms with Crippen molar-refractivity contribution in [3.05, 3.63) is 11.1 Å². The van der Waals surface area contributed by atoms with Gasteiger partial charge in [-0.2, -0.15) is 0 Å². The van der Waals surface area contributed by atoms with E-state index in [-0.39, 0.29) is 0 Å². The van der Waals surface area contributed by atoms with Gasteiger partial charge in [-0.15, -0.1) is 0 Å². The van der Waals surface area contributed by atoms with Gasteiger partial charge in [0, 0.05) is 18.8 Å². The Balaban J connectivity index is 0.000000293. The second-order valence-corrected chi connectivity index (χ2v) is 3.03. The van der Waals surface area contributed by atoms with E-state index in [1.54, 1.807) is 6.92 Å². The van der Waals surface area contributed by atoms with Crippen LogP contribution in [-0.4, -0.2) is 24.3 Å². The average molecular weight is 186 g/mol. The lowest BCUT2D eigenvalue weighted by Crippen LogP contribution is -2.09. The molecule has 0 aromatic carbocycles. The van der Waals surface area contributed by atoms with Gasteiger partial charge in [-0.3, -0.25) is 0 Å². The second-order valence-electron chi connectivity index (χ2n) is 3.03. The molecular weight excluding hydrogens is 168 g/mol. The van der Waals surface area contributed by atoms with Crippen molar-refractivity contribution in [3.63, 3.8) is 0 Å². The molecule has 1 aliphatic rings. The average Bonchev–Trinajstić information content (AvgIpc) is 1.98. The van der Waals surface area contributed by atoms with Crippen LogP contribution in [-0.2, 0) is 9.53 Å². The molecule has 0 bridgehead atoms. The zero-order chi connectivity index (χ0) is 10.3. The highest BCUT2D eigenvalue weighted by atomic mass is 16.5. The van der Waals surface area contributed by atoms with E-state index in [1.807, 2.05) is 13.8 Å². The summed E-state index contributed by atoms with van der Waals surface area (Å²) in [5, 5.41) is 8.43. The molecule has 1 fully saturated rings. The predicted octanol–water partition coefficient (Wildman–Crippen LogP) is 2.22. The molecule has 3 nitrogen and oxygen atoms in total. The first-order valence-electron chi connectivity index (χ1n) is 4.57. The van der Waals surface area contributed by atoms with Gasteiger partial charge in [-0.25, -0.2) is 4.79 Å². The summed E-state index contributed by atoms with van der Waals surface area (Å²) in [5.41, 5.74) is 1.42. The van der Waals surface area contributed by atoms with Crippen molar-refractivity contribution >= 4 is 5.97 Å². The van der Waals surface area contributed by atoms with Gasteiger partial charge in [0.25, 0.3) is 0 Å². The minimum atomic E-state index is -0.811. The fourth-order valence-electron chi connectivity index (χ4n) is 0.592. The summed E-state index contributed by atoms with van der Waals surface area (Å²) >= 11 is 0. The summed E-state index contributed by atoms with van der Waals surface area (Å²) in [5.74, 6) is -0.811. The molecular formula is C10H18O3. The minimum Gasteiger partial charge on any atom is -0.478 e. The Hall–Kier alpha value is -0.830. The number of carboxylic acid groups (broad SMARTS) is 1. The third-order valence-corrected chi connectivity index (χ3v) is 2.07. The maximum Gasteiger partial charge on any atom is 0.331 e.